The van der Waals surface area contributed by atoms with Gasteiger partial charge in [-0.3, -0.25) is 14.4 Å². The van der Waals surface area contributed by atoms with Gasteiger partial charge in [0.25, 0.3) is 11.7 Å². The van der Waals surface area contributed by atoms with E-state index in [0.717, 1.165) is 17.6 Å². The van der Waals surface area contributed by atoms with Crippen molar-refractivity contribution < 1.29 is 67.3 Å². The third kappa shape index (κ3) is 13.3. The lowest BCUT2D eigenvalue weighted by atomic mass is 9.81. The van der Waals surface area contributed by atoms with Gasteiger partial charge >= 0.3 is 11.9 Å². The number of aliphatic hydroxyl groups excluding tert-OH is 1. The Balaban J connectivity index is 1.45. The minimum absolute atomic E-state index is 0.0195. The molecule has 14 unspecified atom stereocenters. The van der Waals surface area contributed by atoms with Crippen molar-refractivity contribution in [1.82, 2.24) is 4.90 Å². The number of amides is 1. The maximum Gasteiger partial charge on any atom is 0.337 e. The smallest absolute Gasteiger partial charge is 0.337 e. The van der Waals surface area contributed by atoms with Crippen molar-refractivity contribution in [2.75, 3.05) is 35.0 Å². The van der Waals surface area contributed by atoms with Crippen LogP contribution in [0.3, 0.4) is 0 Å². The van der Waals surface area contributed by atoms with Gasteiger partial charge in [0, 0.05) is 52.0 Å². The number of carbonyl (C=O) groups is 5. The van der Waals surface area contributed by atoms with Crippen LogP contribution in [-0.2, 0) is 58.9 Å². The summed E-state index contributed by atoms with van der Waals surface area (Å²) in [6.07, 6.45) is 4.16. The molecule has 5 rings (SSSR count). The number of methoxy groups -OCH3 is 4. The van der Waals surface area contributed by atoms with Crippen molar-refractivity contribution in [2.45, 2.75) is 173 Å². The number of rotatable bonds is 10. The number of Topliss-reactive ketones (excluding diaryl/α,β-unsaturated/α-hetero) is 2. The quantitative estimate of drug-likeness (QED) is 0.147. The highest BCUT2D eigenvalue weighted by molar-refractivity contribution is 6.39. The van der Waals surface area contributed by atoms with Crippen LogP contribution in [0.25, 0.3) is 0 Å². The molecule has 67 heavy (non-hydrogen) atoms. The highest BCUT2D eigenvalue weighted by Gasteiger charge is 2.56. The minimum atomic E-state index is -2.52. The number of esters is 2. The molecule has 0 spiro atoms. The lowest BCUT2D eigenvalue weighted by molar-refractivity contribution is -0.302. The predicted molar refractivity (Wildman–Crippen MR) is 248 cm³/mol. The average Bonchev–Trinajstić information content (AvgIpc) is 3.32. The van der Waals surface area contributed by atoms with Crippen LogP contribution in [0.15, 0.2) is 47.6 Å². The summed E-state index contributed by atoms with van der Waals surface area (Å²) in [4.78, 5) is 70.5. The largest absolute Gasteiger partial charge is 0.465 e. The van der Waals surface area contributed by atoms with Crippen molar-refractivity contribution in [3.05, 3.63) is 58.7 Å². The number of hydrogen-bond acceptors (Lipinski definition) is 14. The zero-order chi connectivity index (χ0) is 49.2. The Labute approximate surface area is 397 Å². The van der Waals surface area contributed by atoms with Crippen molar-refractivity contribution >= 4 is 29.4 Å². The number of carbonyl (C=O) groups excluding carboxylic acids is 5. The maximum absolute atomic E-state index is 14.5. The monoisotopic (exact) mass is 940 g/mol. The first-order valence-electron chi connectivity index (χ1n) is 24.3. The molecule has 2 bridgehead atoms. The van der Waals surface area contributed by atoms with Crippen LogP contribution < -0.4 is 0 Å². The van der Waals surface area contributed by atoms with Gasteiger partial charge in [-0.25, -0.2) is 9.59 Å². The second-order valence-electron chi connectivity index (χ2n) is 19.6. The first-order chi connectivity index (χ1) is 31.9. The molecule has 1 saturated carbocycles. The third-order valence-corrected chi connectivity index (χ3v) is 14.7. The van der Waals surface area contributed by atoms with Gasteiger partial charge in [0.2, 0.25) is 5.79 Å². The van der Waals surface area contributed by atoms with Crippen LogP contribution in [0, 0.1) is 29.6 Å². The average molecular weight is 940 g/mol. The Morgan fingerprint density at radius 3 is 2.28 bits per heavy atom. The normalized spacial score (nSPS) is 36.5. The molecule has 374 valence electrons. The van der Waals surface area contributed by atoms with Gasteiger partial charge in [-0.05, 0) is 113 Å². The number of allylic oxidation sites excluding steroid dienone is 3. The molecule has 0 aromatic heterocycles. The summed E-state index contributed by atoms with van der Waals surface area (Å²) in [7, 11) is 6.04. The Bertz CT molecular complexity index is 1930. The molecular weight excluding hydrogens is 863 g/mol. The summed E-state index contributed by atoms with van der Waals surface area (Å²) in [6.45, 7) is 11.5. The molecule has 4 aliphatic rings. The highest BCUT2D eigenvalue weighted by Crippen LogP contribution is 2.39. The van der Waals surface area contributed by atoms with Crippen molar-refractivity contribution in [3.8, 4) is 0 Å². The number of benzene rings is 1. The van der Waals surface area contributed by atoms with Gasteiger partial charge < -0.3 is 48.3 Å². The second-order valence-corrected chi connectivity index (χ2v) is 19.6. The van der Waals surface area contributed by atoms with Gasteiger partial charge in [-0.2, -0.15) is 0 Å². The molecule has 15 nitrogen and oxygen atoms in total. The summed E-state index contributed by atoms with van der Waals surface area (Å²) in [5.41, 5.74) is 2.91. The molecule has 1 aliphatic carbocycles. The molecule has 3 fully saturated rings. The number of piperidine rings is 1. The highest BCUT2D eigenvalue weighted by atomic mass is 16.7. The molecule has 3 aliphatic heterocycles. The van der Waals surface area contributed by atoms with E-state index in [-0.39, 0.29) is 62.2 Å². The number of aliphatic hydroxyl groups is 2. The van der Waals surface area contributed by atoms with Crippen molar-refractivity contribution in [1.29, 1.82) is 0 Å². The zero-order valence-electron chi connectivity index (χ0n) is 41.4. The molecule has 14 atom stereocenters. The first kappa shape index (κ1) is 54.1. The number of nitrogens with zero attached hydrogens (tertiary/aromatic N) is 1. The van der Waals surface area contributed by atoms with Crippen molar-refractivity contribution in [2.24, 2.45) is 29.6 Å². The second kappa shape index (κ2) is 24.6. The van der Waals surface area contributed by atoms with Crippen LogP contribution >= 0.6 is 0 Å². The fourth-order valence-corrected chi connectivity index (χ4v) is 10.7. The van der Waals surface area contributed by atoms with Crippen molar-refractivity contribution in [3.63, 3.8) is 0 Å². The van der Waals surface area contributed by atoms with E-state index in [1.165, 1.54) is 26.2 Å². The summed E-state index contributed by atoms with van der Waals surface area (Å²) in [5, 5.41) is 24.0. The van der Waals surface area contributed by atoms with E-state index in [0.29, 0.717) is 56.1 Å². The van der Waals surface area contributed by atoms with Crippen LogP contribution in [0.4, 0.5) is 0 Å². The van der Waals surface area contributed by atoms with E-state index < -0.39 is 83.7 Å². The van der Waals surface area contributed by atoms with E-state index in [2.05, 4.69) is 6.92 Å². The summed E-state index contributed by atoms with van der Waals surface area (Å²) in [6, 6.07) is 5.94. The first-order valence-corrected chi connectivity index (χ1v) is 24.3. The topological polar surface area (TPSA) is 194 Å². The molecular formula is C52H77NO14. The Morgan fingerprint density at radius 1 is 0.910 bits per heavy atom. The van der Waals surface area contributed by atoms with E-state index >= 15 is 0 Å². The predicted octanol–water partition coefficient (Wildman–Crippen LogP) is 6.48. The Morgan fingerprint density at radius 2 is 1.61 bits per heavy atom. The molecule has 2 N–H and O–H groups in total. The summed E-state index contributed by atoms with van der Waals surface area (Å²) < 4.78 is 41.6. The third-order valence-electron chi connectivity index (χ3n) is 14.7. The number of cyclic esters (lactones) is 1. The number of fused-ring (bicyclic) bond motifs is 3. The van der Waals surface area contributed by atoms with E-state index in [1.54, 1.807) is 39.2 Å². The lowest BCUT2D eigenvalue weighted by Gasteiger charge is -2.47. The molecule has 2 saturated heterocycles. The van der Waals surface area contributed by atoms with Gasteiger partial charge in [0.1, 0.15) is 24.0 Å². The van der Waals surface area contributed by atoms with E-state index in [1.807, 2.05) is 39.0 Å². The van der Waals surface area contributed by atoms with Crippen LogP contribution in [0.5, 0.6) is 0 Å². The Kier molecular flexibility index (Phi) is 19.9. The zero-order valence-corrected chi connectivity index (χ0v) is 41.4. The van der Waals surface area contributed by atoms with Crippen LogP contribution in [0.2, 0.25) is 0 Å². The lowest BCUT2D eigenvalue weighted by Crippen LogP contribution is -2.64. The van der Waals surface area contributed by atoms with E-state index in [9.17, 15) is 34.2 Å². The molecule has 3 heterocycles. The molecule has 15 heteroatoms. The summed E-state index contributed by atoms with van der Waals surface area (Å²) >= 11 is 0. The minimum Gasteiger partial charge on any atom is -0.465 e. The maximum atomic E-state index is 14.5. The van der Waals surface area contributed by atoms with Gasteiger partial charge in [-0.15, -0.1) is 0 Å². The van der Waals surface area contributed by atoms with Gasteiger partial charge in [0.05, 0.1) is 49.8 Å². The van der Waals surface area contributed by atoms with E-state index in [4.69, 9.17) is 33.2 Å². The Hall–Kier alpha value is -3.83. The molecule has 1 aromatic carbocycles. The van der Waals surface area contributed by atoms with Crippen LogP contribution in [0.1, 0.15) is 128 Å². The number of ether oxygens (including phenoxy) is 7. The summed E-state index contributed by atoms with van der Waals surface area (Å²) in [5.74, 6) is -8.09. The number of hydrogen-bond donors (Lipinski definition) is 2. The van der Waals surface area contributed by atoms with Crippen LogP contribution in [-0.4, -0.2) is 134 Å². The molecule has 1 amide bonds. The fourth-order valence-electron chi connectivity index (χ4n) is 10.7. The standard InChI is InChI=1S/C52H77NO14/c1-11-37-22-30(2)21-31(3)23-44(62-8)47-45(63-9)25-33(5)52(60,67-47)48(56)49(57)53-20-13-12-17-39(53)51(59)66-46(34(6)40(54)28-41(37)55)32(4)24-35-18-19-42(43(27-35)61-7)65-29-36-15-14-16-38(26-36)50(58)64-10/h14-16,22,24,26,31,33-35,37,39-40,42-47,54,60H,11-13,17-21,23,25,27-29H2,1-10H3/b30-22+,32-24?. The van der Waals surface area contributed by atoms with Gasteiger partial charge in [-0.1, -0.05) is 57.6 Å². The number of ketones is 2. The fraction of sp³-hybridized carbons (Fsp3) is 0.712. The molecule has 0 radical (unpaired) electrons. The van der Waals surface area contributed by atoms with Gasteiger partial charge in [0.15, 0.2) is 0 Å². The molecule has 1 aromatic rings. The SMILES string of the molecule is CCC1/C=C(\C)CC(C)CC(OC)C2OC(O)(C(=O)C(=O)N3CCCCC3C(=O)OC(C(C)=CC3CCC(OCc4cccc(C(=O)OC)c4)C(OC)C3)C(C)C(O)CC1=O)C(C)CC2OC.